The SMILES string of the molecule is C=CN=C(/C=C\C)C(NCC1CCN(CCCc2ccccc2)CC1)c1ccc(C)cc1. The molecule has 0 radical (unpaired) electrons. The van der Waals surface area contributed by atoms with Crippen molar-refractivity contribution >= 4 is 5.71 Å². The third-order valence-electron chi connectivity index (χ3n) is 6.38. The second-order valence-electron chi connectivity index (χ2n) is 8.86. The summed E-state index contributed by atoms with van der Waals surface area (Å²) >= 11 is 0. The van der Waals surface area contributed by atoms with E-state index in [-0.39, 0.29) is 6.04 Å². The van der Waals surface area contributed by atoms with Gasteiger partial charge in [-0.25, -0.2) is 0 Å². The fourth-order valence-corrected chi connectivity index (χ4v) is 4.49. The smallest absolute Gasteiger partial charge is 0.0751 e. The molecule has 2 aromatic carbocycles. The molecule has 170 valence electrons. The molecule has 3 nitrogen and oxygen atoms in total. The molecule has 0 amide bonds. The van der Waals surface area contributed by atoms with Crippen LogP contribution in [0.1, 0.15) is 48.9 Å². The molecule has 1 fully saturated rings. The van der Waals surface area contributed by atoms with Gasteiger partial charge >= 0.3 is 0 Å². The standard InChI is InChI=1S/C29H39N3/c1-4-10-28(30-5-2)29(27-16-14-24(3)15-17-27)31-23-26-18-21-32(22-19-26)20-9-13-25-11-7-6-8-12-25/h4-8,10-12,14-17,26,29,31H,2,9,13,18-23H2,1,3H3/b10-4-,30-28?. The fraction of sp³-hybridized carbons (Fsp3) is 0.414. The van der Waals surface area contributed by atoms with E-state index in [1.54, 1.807) is 6.20 Å². The maximum Gasteiger partial charge on any atom is 0.0751 e. The van der Waals surface area contributed by atoms with Gasteiger partial charge in [0.2, 0.25) is 0 Å². The largest absolute Gasteiger partial charge is 0.305 e. The van der Waals surface area contributed by atoms with E-state index in [2.05, 4.69) is 95.5 Å². The van der Waals surface area contributed by atoms with Crippen LogP contribution in [0.25, 0.3) is 0 Å². The molecule has 1 saturated heterocycles. The van der Waals surface area contributed by atoms with Gasteiger partial charge in [0.05, 0.1) is 11.8 Å². The zero-order valence-electron chi connectivity index (χ0n) is 19.8. The molecule has 0 bridgehead atoms. The molecule has 1 aliphatic heterocycles. The van der Waals surface area contributed by atoms with Gasteiger partial charge < -0.3 is 10.2 Å². The first-order chi connectivity index (χ1) is 15.7. The maximum atomic E-state index is 4.57. The fourth-order valence-electron chi connectivity index (χ4n) is 4.49. The topological polar surface area (TPSA) is 27.6 Å². The van der Waals surface area contributed by atoms with Crippen LogP contribution in [-0.4, -0.2) is 36.8 Å². The second kappa shape index (κ2) is 13.1. The van der Waals surface area contributed by atoms with Crippen molar-refractivity contribution in [2.45, 2.75) is 45.6 Å². The number of hydrogen-bond acceptors (Lipinski definition) is 3. The minimum absolute atomic E-state index is 0.0914. The lowest BCUT2D eigenvalue weighted by Gasteiger charge is -2.33. The van der Waals surface area contributed by atoms with E-state index in [4.69, 9.17) is 0 Å². The van der Waals surface area contributed by atoms with Crippen molar-refractivity contribution < 1.29 is 0 Å². The molecule has 1 aliphatic rings. The van der Waals surface area contributed by atoms with Crippen LogP contribution in [0.2, 0.25) is 0 Å². The number of rotatable bonds is 11. The van der Waals surface area contributed by atoms with Crippen molar-refractivity contribution in [3.8, 4) is 0 Å². The summed E-state index contributed by atoms with van der Waals surface area (Å²) in [5.41, 5.74) is 5.00. The highest BCUT2D eigenvalue weighted by molar-refractivity contribution is 6.00. The first-order valence-corrected chi connectivity index (χ1v) is 12.1. The van der Waals surface area contributed by atoms with E-state index in [1.807, 2.05) is 6.92 Å². The normalized spacial score (nSPS) is 17.0. The molecule has 1 heterocycles. The van der Waals surface area contributed by atoms with Gasteiger partial charge in [0, 0.05) is 6.20 Å². The molecule has 0 aromatic heterocycles. The Labute approximate surface area is 195 Å². The second-order valence-corrected chi connectivity index (χ2v) is 8.86. The van der Waals surface area contributed by atoms with Crippen molar-refractivity contribution in [1.82, 2.24) is 10.2 Å². The summed E-state index contributed by atoms with van der Waals surface area (Å²) in [6.45, 7) is 12.6. The highest BCUT2D eigenvalue weighted by Crippen LogP contribution is 2.21. The van der Waals surface area contributed by atoms with Crippen LogP contribution in [0.3, 0.4) is 0 Å². The monoisotopic (exact) mass is 429 g/mol. The van der Waals surface area contributed by atoms with Crippen LogP contribution in [0, 0.1) is 12.8 Å². The lowest BCUT2D eigenvalue weighted by molar-refractivity contribution is 0.180. The first kappa shape index (κ1) is 24.2. The van der Waals surface area contributed by atoms with Crippen LogP contribution in [0.5, 0.6) is 0 Å². The van der Waals surface area contributed by atoms with Crippen molar-refractivity contribution in [3.63, 3.8) is 0 Å². The van der Waals surface area contributed by atoms with Gasteiger partial charge in [-0.2, -0.15) is 0 Å². The number of hydrogen-bond donors (Lipinski definition) is 1. The Hall–Kier alpha value is -2.49. The number of allylic oxidation sites excluding steroid dienone is 1. The molecule has 0 aliphatic carbocycles. The van der Waals surface area contributed by atoms with E-state index in [9.17, 15) is 0 Å². The van der Waals surface area contributed by atoms with Gasteiger partial charge in [0.25, 0.3) is 0 Å². The molecule has 32 heavy (non-hydrogen) atoms. The van der Waals surface area contributed by atoms with Gasteiger partial charge in [0.1, 0.15) is 0 Å². The van der Waals surface area contributed by atoms with Gasteiger partial charge in [-0.05, 0) is 88.8 Å². The van der Waals surface area contributed by atoms with Gasteiger partial charge in [-0.3, -0.25) is 4.99 Å². The third kappa shape index (κ3) is 7.58. The van der Waals surface area contributed by atoms with E-state index in [1.165, 1.54) is 62.0 Å². The van der Waals surface area contributed by atoms with Crippen molar-refractivity contribution in [2.75, 3.05) is 26.2 Å². The summed E-state index contributed by atoms with van der Waals surface area (Å²) in [5.74, 6) is 0.712. The predicted molar refractivity (Wildman–Crippen MR) is 138 cm³/mol. The number of benzene rings is 2. The Kier molecular flexibility index (Phi) is 9.93. The lowest BCUT2D eigenvalue weighted by Crippen LogP contribution is -2.39. The zero-order chi connectivity index (χ0) is 22.6. The Morgan fingerprint density at radius 1 is 1.12 bits per heavy atom. The van der Waals surface area contributed by atoms with Gasteiger partial charge in [-0.15, -0.1) is 0 Å². The van der Waals surface area contributed by atoms with Crippen LogP contribution >= 0.6 is 0 Å². The van der Waals surface area contributed by atoms with E-state index in [0.717, 1.165) is 12.3 Å². The predicted octanol–water partition coefficient (Wildman–Crippen LogP) is 6.13. The zero-order valence-corrected chi connectivity index (χ0v) is 19.8. The summed E-state index contributed by atoms with van der Waals surface area (Å²) in [6, 6.07) is 19.7. The molecule has 2 aromatic rings. The molecular formula is C29H39N3. The summed E-state index contributed by atoms with van der Waals surface area (Å²) < 4.78 is 0. The minimum Gasteiger partial charge on any atom is -0.305 e. The molecule has 1 N–H and O–H groups in total. The molecule has 1 unspecified atom stereocenters. The molecule has 1 atom stereocenters. The molecule has 3 rings (SSSR count). The van der Waals surface area contributed by atoms with E-state index < -0.39 is 0 Å². The number of nitrogens with zero attached hydrogens (tertiary/aromatic N) is 2. The first-order valence-electron chi connectivity index (χ1n) is 12.1. The number of likely N-dealkylation sites (tertiary alicyclic amines) is 1. The van der Waals surface area contributed by atoms with Crippen LogP contribution in [0.4, 0.5) is 0 Å². The van der Waals surface area contributed by atoms with Gasteiger partial charge in [0.15, 0.2) is 0 Å². The van der Waals surface area contributed by atoms with Crippen LogP contribution in [-0.2, 0) is 6.42 Å². The summed E-state index contributed by atoms with van der Waals surface area (Å²) in [4.78, 5) is 7.21. The molecule has 0 spiro atoms. The number of nitrogens with one attached hydrogen (secondary N) is 1. The summed E-state index contributed by atoms with van der Waals surface area (Å²) in [5, 5.41) is 3.83. The Morgan fingerprint density at radius 2 is 1.84 bits per heavy atom. The third-order valence-corrected chi connectivity index (χ3v) is 6.38. The van der Waals surface area contributed by atoms with E-state index in [0.29, 0.717) is 5.92 Å². The Bertz CT molecular complexity index is 859. The van der Waals surface area contributed by atoms with Gasteiger partial charge in [-0.1, -0.05) is 72.8 Å². The molecular weight excluding hydrogens is 390 g/mol. The number of piperidine rings is 1. The number of aliphatic imine (C=N–C) groups is 1. The average molecular weight is 430 g/mol. The summed E-state index contributed by atoms with van der Waals surface area (Å²) in [7, 11) is 0. The highest BCUT2D eigenvalue weighted by atomic mass is 15.1. The van der Waals surface area contributed by atoms with Crippen molar-refractivity contribution in [1.29, 1.82) is 0 Å². The molecule has 3 heteroatoms. The Morgan fingerprint density at radius 3 is 2.50 bits per heavy atom. The average Bonchev–Trinajstić information content (AvgIpc) is 2.82. The maximum absolute atomic E-state index is 4.57. The molecule has 0 saturated carbocycles. The Balaban J connectivity index is 1.50. The quantitative estimate of drug-likeness (QED) is 0.435. The van der Waals surface area contributed by atoms with E-state index >= 15 is 0 Å². The lowest BCUT2D eigenvalue weighted by atomic mass is 9.94. The minimum atomic E-state index is 0.0914. The van der Waals surface area contributed by atoms with Crippen molar-refractivity contribution in [3.05, 3.63) is 96.2 Å². The highest BCUT2D eigenvalue weighted by Gasteiger charge is 2.22. The van der Waals surface area contributed by atoms with Crippen LogP contribution < -0.4 is 5.32 Å². The van der Waals surface area contributed by atoms with Crippen molar-refractivity contribution in [2.24, 2.45) is 10.9 Å². The van der Waals surface area contributed by atoms with Crippen LogP contribution in [0.15, 0.2) is 84.5 Å². The number of aryl methyl sites for hydroxylation is 2. The summed E-state index contributed by atoms with van der Waals surface area (Å²) in [6.07, 6.45) is 10.7.